The van der Waals surface area contributed by atoms with E-state index in [0.717, 1.165) is 34.6 Å². The van der Waals surface area contributed by atoms with E-state index in [1.807, 2.05) is 0 Å². The first-order chi connectivity index (χ1) is 24.3. The second-order valence-corrected chi connectivity index (χ2v) is 16.6. The van der Waals surface area contributed by atoms with Gasteiger partial charge in [0.15, 0.2) is 0 Å². The Morgan fingerprint density at radius 2 is 1.73 bits per heavy atom. The first kappa shape index (κ1) is 39.3. The molecule has 52 heavy (non-hydrogen) atoms. The molecular formula is C35H41ClF4N4O7S. The van der Waals surface area contributed by atoms with Crippen molar-refractivity contribution < 1.29 is 49.8 Å². The van der Waals surface area contributed by atoms with E-state index in [1.54, 1.807) is 20.8 Å². The van der Waals surface area contributed by atoms with Crippen molar-refractivity contribution in [1.29, 1.82) is 0 Å². The highest BCUT2D eigenvalue weighted by Gasteiger charge is 2.50. The van der Waals surface area contributed by atoms with Crippen molar-refractivity contribution in [3.05, 3.63) is 70.8 Å². The average molecular weight is 773 g/mol. The zero-order valence-corrected chi connectivity index (χ0v) is 30.5. The molecule has 1 atom stereocenters. The molecule has 3 aliphatic heterocycles. The Hall–Kier alpha value is -3.89. The topological polar surface area (TPSA) is 126 Å². The first-order valence-electron chi connectivity index (χ1n) is 16.7. The molecule has 0 saturated carbocycles. The summed E-state index contributed by atoms with van der Waals surface area (Å²) in [5, 5.41) is 2.49. The fraction of sp³-hybridized carbons (Fsp3) is 0.514. The number of benzene rings is 2. The summed E-state index contributed by atoms with van der Waals surface area (Å²) in [6, 6.07) is 7.08. The molecule has 3 amide bonds. The molecule has 0 aliphatic carbocycles. The van der Waals surface area contributed by atoms with Crippen molar-refractivity contribution in [3.8, 4) is 0 Å². The van der Waals surface area contributed by atoms with E-state index in [9.17, 15) is 40.4 Å². The lowest BCUT2D eigenvalue weighted by atomic mass is 9.77. The van der Waals surface area contributed by atoms with Crippen molar-refractivity contribution in [2.75, 3.05) is 56.9 Å². The predicted octanol–water partition coefficient (Wildman–Crippen LogP) is 5.83. The van der Waals surface area contributed by atoms with Gasteiger partial charge >= 0.3 is 12.3 Å². The van der Waals surface area contributed by atoms with Crippen molar-refractivity contribution in [1.82, 2.24) is 15.1 Å². The monoisotopic (exact) mass is 772 g/mol. The molecule has 0 radical (unpaired) electrons. The van der Waals surface area contributed by atoms with E-state index in [2.05, 4.69) is 5.32 Å². The zero-order valence-electron chi connectivity index (χ0n) is 29.0. The van der Waals surface area contributed by atoms with Crippen LogP contribution in [0.25, 0.3) is 0 Å². The van der Waals surface area contributed by atoms with Gasteiger partial charge in [-0.25, -0.2) is 17.6 Å². The average Bonchev–Trinajstić information content (AvgIpc) is 3.50. The summed E-state index contributed by atoms with van der Waals surface area (Å²) in [6.07, 6.45) is -1.96. The maximum atomic E-state index is 14.9. The van der Waals surface area contributed by atoms with Gasteiger partial charge < -0.3 is 24.6 Å². The third-order valence-electron chi connectivity index (χ3n) is 9.36. The first-order valence-corrected chi connectivity index (χ1v) is 18.5. The van der Waals surface area contributed by atoms with Gasteiger partial charge in [-0.2, -0.15) is 13.2 Å². The van der Waals surface area contributed by atoms with E-state index in [-0.39, 0.29) is 80.8 Å². The standard InChI is InChI=1S/C35H41ClF4N4O7S/c1-32(2,3)51-31(47)42-15-11-33(12-16-42)23-50-18-5-4-14-44(25-8-6-7-24(19-25)35(38,39)40)52(48,49)26-9-10-28(36)27(20-26)29(45)41-34(21-37)13-17-43(22-34)30(33)46/h4-10,19-20H,11-18,21-23H2,1-3H3,(H,41,45)/b5-4-. The van der Waals surface area contributed by atoms with Crippen molar-refractivity contribution in [2.45, 2.75) is 62.2 Å². The SMILES string of the molecule is CC(C)(C)OC(=O)N1CCC2(CC1)COC/C=C\CN(c1cccc(C(F)(F)F)c1)S(=O)(=O)c1ccc(Cl)c(c1)C(=O)NC1(CF)CCN(C1)C2=O. The number of alkyl halides is 4. The Morgan fingerprint density at radius 3 is 2.38 bits per heavy atom. The Kier molecular flexibility index (Phi) is 11.2. The van der Waals surface area contributed by atoms with Crippen LogP contribution in [0.2, 0.25) is 5.02 Å². The molecule has 284 valence electrons. The van der Waals surface area contributed by atoms with Gasteiger partial charge in [0.05, 0.1) is 57.4 Å². The van der Waals surface area contributed by atoms with Crippen LogP contribution in [0.1, 0.15) is 56.0 Å². The van der Waals surface area contributed by atoms with E-state index in [4.69, 9.17) is 21.1 Å². The largest absolute Gasteiger partial charge is 0.444 e. The molecule has 3 aliphatic rings. The molecule has 0 aromatic heterocycles. The van der Waals surface area contributed by atoms with E-state index < -0.39 is 68.4 Å². The quantitative estimate of drug-likeness (QED) is 0.301. The number of nitrogens with zero attached hydrogens (tertiary/aromatic N) is 3. The van der Waals surface area contributed by atoms with Crippen molar-refractivity contribution >= 4 is 45.2 Å². The number of halogens is 5. The number of carbonyl (C=O) groups excluding carboxylic acids is 3. The van der Waals surface area contributed by atoms with Gasteiger partial charge in [0.2, 0.25) is 5.91 Å². The van der Waals surface area contributed by atoms with Gasteiger partial charge in [-0.05, 0) is 76.4 Å². The van der Waals surface area contributed by atoms with Crippen molar-refractivity contribution in [3.63, 3.8) is 0 Å². The molecule has 2 fully saturated rings. The van der Waals surface area contributed by atoms with Crippen molar-refractivity contribution in [2.24, 2.45) is 5.41 Å². The van der Waals surface area contributed by atoms with Crippen LogP contribution in [0.3, 0.4) is 0 Å². The maximum absolute atomic E-state index is 14.9. The number of piperidine rings is 1. The lowest BCUT2D eigenvalue weighted by molar-refractivity contribution is -0.149. The van der Waals surface area contributed by atoms with E-state index >= 15 is 0 Å². The summed E-state index contributed by atoms with van der Waals surface area (Å²) in [7, 11) is -4.62. The summed E-state index contributed by atoms with van der Waals surface area (Å²) in [6.45, 7) is 3.84. The van der Waals surface area contributed by atoms with Gasteiger partial charge in [0, 0.05) is 26.2 Å². The molecule has 17 heteroatoms. The van der Waals surface area contributed by atoms with Crippen LogP contribution >= 0.6 is 11.6 Å². The van der Waals surface area contributed by atoms with Gasteiger partial charge in [0.25, 0.3) is 15.9 Å². The number of hydrogen-bond acceptors (Lipinski definition) is 7. The van der Waals surface area contributed by atoms with Gasteiger partial charge in [-0.1, -0.05) is 29.8 Å². The van der Waals surface area contributed by atoms with Crippen LogP contribution in [-0.4, -0.2) is 99.9 Å². The van der Waals surface area contributed by atoms with Crippen LogP contribution in [0.5, 0.6) is 0 Å². The molecule has 1 spiro atoms. The molecule has 2 aromatic rings. The van der Waals surface area contributed by atoms with Gasteiger partial charge in [-0.3, -0.25) is 13.9 Å². The number of nitrogens with one attached hydrogen (secondary N) is 1. The second kappa shape index (κ2) is 14.9. The van der Waals surface area contributed by atoms with Crippen LogP contribution in [0.4, 0.5) is 28.0 Å². The minimum atomic E-state index is -4.76. The van der Waals surface area contributed by atoms with Gasteiger partial charge in [-0.15, -0.1) is 0 Å². The highest BCUT2D eigenvalue weighted by atomic mass is 35.5. The van der Waals surface area contributed by atoms with Crippen LogP contribution < -0.4 is 9.62 Å². The molecule has 11 nitrogen and oxygen atoms in total. The molecule has 1 N–H and O–H groups in total. The predicted molar refractivity (Wildman–Crippen MR) is 184 cm³/mol. The summed E-state index contributed by atoms with van der Waals surface area (Å²) >= 11 is 6.35. The third kappa shape index (κ3) is 8.49. The number of ether oxygens (including phenoxy) is 2. The minimum Gasteiger partial charge on any atom is -0.444 e. The second-order valence-electron chi connectivity index (χ2n) is 14.3. The van der Waals surface area contributed by atoms with Gasteiger partial charge in [0.1, 0.15) is 12.3 Å². The van der Waals surface area contributed by atoms with Crippen LogP contribution in [0, 0.1) is 5.41 Å². The van der Waals surface area contributed by atoms with E-state index in [1.165, 1.54) is 28.0 Å². The number of anilines is 1. The molecule has 2 aromatic carbocycles. The zero-order chi connectivity index (χ0) is 38.1. The number of likely N-dealkylation sites (tertiary alicyclic amines) is 1. The summed E-state index contributed by atoms with van der Waals surface area (Å²) < 4.78 is 96.2. The number of carbonyl (C=O) groups is 3. The maximum Gasteiger partial charge on any atom is 0.416 e. The Morgan fingerprint density at radius 1 is 1.02 bits per heavy atom. The molecule has 5 rings (SSSR count). The van der Waals surface area contributed by atoms with Crippen LogP contribution in [-0.2, 0) is 30.5 Å². The molecular weight excluding hydrogens is 732 g/mol. The number of sulfonamides is 1. The Balaban J connectivity index is 1.51. The summed E-state index contributed by atoms with van der Waals surface area (Å²) in [5.41, 5.74) is -5.05. The molecule has 1 unspecified atom stereocenters. The molecule has 2 saturated heterocycles. The minimum absolute atomic E-state index is 0.0453. The fourth-order valence-electron chi connectivity index (χ4n) is 6.50. The number of rotatable bonds is 2. The third-order valence-corrected chi connectivity index (χ3v) is 11.5. The number of fused-ring (bicyclic) bond motifs is 4. The summed E-state index contributed by atoms with van der Waals surface area (Å²) in [4.78, 5) is 43.3. The Bertz CT molecular complexity index is 1830. The number of hydrogen-bond donors (Lipinski definition) is 1. The fourth-order valence-corrected chi connectivity index (χ4v) is 8.14. The molecule has 3 heterocycles. The van der Waals surface area contributed by atoms with Crippen LogP contribution in [0.15, 0.2) is 59.5 Å². The lowest BCUT2D eigenvalue weighted by Gasteiger charge is -2.42. The normalized spacial score (nSPS) is 23.5. The molecule has 4 bridgehead atoms. The lowest BCUT2D eigenvalue weighted by Crippen LogP contribution is -2.56. The highest BCUT2D eigenvalue weighted by Crippen LogP contribution is 2.38. The van der Waals surface area contributed by atoms with E-state index in [0.29, 0.717) is 6.07 Å². The number of amides is 3. The smallest absolute Gasteiger partial charge is 0.416 e. The summed E-state index contributed by atoms with van der Waals surface area (Å²) in [5.74, 6) is -1.22. The Labute approximate surface area is 304 Å². The highest BCUT2D eigenvalue weighted by molar-refractivity contribution is 7.92.